The molecule has 1 aliphatic rings. The lowest BCUT2D eigenvalue weighted by Gasteiger charge is -2.27. The van der Waals surface area contributed by atoms with Crippen LogP contribution in [0.3, 0.4) is 0 Å². The van der Waals surface area contributed by atoms with Crippen LogP contribution >= 0.6 is 0 Å². The highest BCUT2D eigenvalue weighted by atomic mass is 16.4. The number of hydrogen-bond donors (Lipinski definition) is 2. The van der Waals surface area contributed by atoms with Crippen LogP contribution < -0.4 is 4.90 Å². The lowest BCUT2D eigenvalue weighted by Crippen LogP contribution is -2.37. The SMILES string of the molecule is C[C@H](O)[C@@H]1CCCN1c1ccc(C(=O)O)cn1. The van der Waals surface area contributed by atoms with Crippen LogP contribution in [0, 0.1) is 0 Å². The van der Waals surface area contributed by atoms with Gasteiger partial charge in [-0.2, -0.15) is 0 Å². The molecule has 0 saturated carbocycles. The summed E-state index contributed by atoms with van der Waals surface area (Å²) in [5, 5.41) is 18.5. The number of anilines is 1. The van der Waals surface area contributed by atoms with Crippen molar-refractivity contribution in [3.05, 3.63) is 23.9 Å². The number of nitrogens with zero attached hydrogens (tertiary/aromatic N) is 2. The van der Waals surface area contributed by atoms with Gasteiger partial charge in [-0.1, -0.05) is 0 Å². The van der Waals surface area contributed by atoms with E-state index >= 15 is 0 Å². The molecule has 0 unspecified atom stereocenters. The number of pyridine rings is 1. The van der Waals surface area contributed by atoms with E-state index in [2.05, 4.69) is 4.98 Å². The molecular formula is C12H16N2O3. The van der Waals surface area contributed by atoms with Gasteiger partial charge in [0.1, 0.15) is 5.82 Å². The molecule has 5 heteroatoms. The van der Waals surface area contributed by atoms with Crippen molar-refractivity contribution in [2.75, 3.05) is 11.4 Å². The molecule has 1 aromatic heterocycles. The topological polar surface area (TPSA) is 73.7 Å². The van der Waals surface area contributed by atoms with E-state index < -0.39 is 12.1 Å². The summed E-state index contributed by atoms with van der Waals surface area (Å²) >= 11 is 0. The van der Waals surface area contributed by atoms with Crippen molar-refractivity contribution >= 4 is 11.8 Å². The Bertz CT molecular complexity index is 403. The molecule has 2 rings (SSSR count). The van der Waals surface area contributed by atoms with Crippen molar-refractivity contribution in [3.63, 3.8) is 0 Å². The minimum Gasteiger partial charge on any atom is -0.478 e. The summed E-state index contributed by atoms with van der Waals surface area (Å²) < 4.78 is 0. The van der Waals surface area contributed by atoms with E-state index in [1.807, 2.05) is 4.90 Å². The standard InChI is InChI=1S/C12H16N2O3/c1-8(15)10-3-2-6-14(10)11-5-4-9(7-13-11)12(16)17/h4-5,7-8,10,15H,2-3,6H2,1H3,(H,16,17)/t8-,10-/m0/s1. The van der Waals surface area contributed by atoms with E-state index in [9.17, 15) is 9.90 Å². The molecule has 1 aromatic rings. The first kappa shape index (κ1) is 11.9. The van der Waals surface area contributed by atoms with Crippen molar-refractivity contribution in [2.24, 2.45) is 0 Å². The molecule has 92 valence electrons. The Kier molecular flexibility index (Phi) is 3.28. The highest BCUT2D eigenvalue weighted by Crippen LogP contribution is 2.25. The van der Waals surface area contributed by atoms with Crippen LogP contribution in [0.25, 0.3) is 0 Å². The Labute approximate surface area is 99.7 Å². The third-order valence-corrected chi connectivity index (χ3v) is 3.15. The fourth-order valence-corrected chi connectivity index (χ4v) is 2.26. The molecule has 0 amide bonds. The van der Waals surface area contributed by atoms with Gasteiger partial charge in [-0.3, -0.25) is 0 Å². The van der Waals surface area contributed by atoms with Gasteiger partial charge in [0.15, 0.2) is 0 Å². The van der Waals surface area contributed by atoms with E-state index in [-0.39, 0.29) is 11.6 Å². The Morgan fingerprint density at radius 3 is 2.88 bits per heavy atom. The minimum absolute atomic E-state index is 0.0816. The molecule has 0 aromatic carbocycles. The maximum atomic E-state index is 10.7. The van der Waals surface area contributed by atoms with Crippen LogP contribution in [0.5, 0.6) is 0 Å². The first-order chi connectivity index (χ1) is 8.09. The number of aliphatic hydroxyl groups is 1. The lowest BCUT2D eigenvalue weighted by molar-refractivity contribution is 0.0696. The predicted octanol–water partition coefficient (Wildman–Crippen LogP) is 1.13. The molecule has 2 atom stereocenters. The zero-order valence-electron chi connectivity index (χ0n) is 9.71. The second kappa shape index (κ2) is 4.71. The quantitative estimate of drug-likeness (QED) is 0.823. The molecule has 1 fully saturated rings. The summed E-state index contributed by atoms with van der Waals surface area (Å²) in [6.07, 6.45) is 2.92. The van der Waals surface area contributed by atoms with Gasteiger partial charge in [-0.05, 0) is 31.9 Å². The highest BCUT2D eigenvalue weighted by molar-refractivity contribution is 5.87. The molecule has 5 nitrogen and oxygen atoms in total. The summed E-state index contributed by atoms with van der Waals surface area (Å²) in [7, 11) is 0. The maximum Gasteiger partial charge on any atom is 0.337 e. The van der Waals surface area contributed by atoms with E-state index in [0.717, 1.165) is 25.2 Å². The fourth-order valence-electron chi connectivity index (χ4n) is 2.26. The van der Waals surface area contributed by atoms with Gasteiger partial charge >= 0.3 is 5.97 Å². The van der Waals surface area contributed by atoms with Crippen molar-refractivity contribution in [1.29, 1.82) is 0 Å². The zero-order chi connectivity index (χ0) is 12.4. The van der Waals surface area contributed by atoms with Crippen molar-refractivity contribution in [1.82, 2.24) is 4.98 Å². The predicted molar refractivity (Wildman–Crippen MR) is 63.2 cm³/mol. The Morgan fingerprint density at radius 2 is 2.35 bits per heavy atom. The summed E-state index contributed by atoms with van der Waals surface area (Å²) in [5.41, 5.74) is 0.182. The lowest BCUT2D eigenvalue weighted by atomic mass is 10.1. The smallest absolute Gasteiger partial charge is 0.337 e. The number of aliphatic hydroxyl groups excluding tert-OH is 1. The Balaban J connectivity index is 2.19. The monoisotopic (exact) mass is 236 g/mol. The second-order valence-corrected chi connectivity index (χ2v) is 4.35. The maximum absolute atomic E-state index is 10.7. The van der Waals surface area contributed by atoms with Crippen molar-refractivity contribution in [2.45, 2.75) is 31.9 Å². The van der Waals surface area contributed by atoms with E-state index in [0.29, 0.717) is 0 Å². The third kappa shape index (κ3) is 2.39. The van der Waals surface area contributed by atoms with Crippen LogP contribution in [-0.4, -0.2) is 39.9 Å². The van der Waals surface area contributed by atoms with E-state index in [4.69, 9.17) is 5.11 Å². The average molecular weight is 236 g/mol. The first-order valence-electron chi connectivity index (χ1n) is 5.73. The van der Waals surface area contributed by atoms with Crippen LogP contribution in [-0.2, 0) is 0 Å². The molecule has 1 aliphatic heterocycles. The molecule has 17 heavy (non-hydrogen) atoms. The molecule has 1 saturated heterocycles. The largest absolute Gasteiger partial charge is 0.478 e. The fraction of sp³-hybridized carbons (Fsp3) is 0.500. The molecule has 0 radical (unpaired) electrons. The highest BCUT2D eigenvalue weighted by Gasteiger charge is 2.29. The van der Waals surface area contributed by atoms with Gasteiger partial charge in [0.25, 0.3) is 0 Å². The summed E-state index contributed by atoms with van der Waals surface area (Å²) in [6.45, 7) is 2.63. The van der Waals surface area contributed by atoms with E-state index in [1.54, 1.807) is 19.1 Å². The number of hydrogen-bond acceptors (Lipinski definition) is 4. The number of carboxylic acids is 1. The number of rotatable bonds is 3. The number of aromatic carboxylic acids is 1. The molecule has 2 N–H and O–H groups in total. The van der Waals surface area contributed by atoms with Crippen molar-refractivity contribution in [3.8, 4) is 0 Å². The minimum atomic E-state index is -0.974. The molecule has 2 heterocycles. The van der Waals surface area contributed by atoms with Gasteiger partial charge in [0.05, 0.1) is 17.7 Å². The van der Waals surface area contributed by atoms with Crippen LogP contribution in [0.2, 0.25) is 0 Å². The normalized spacial score (nSPS) is 21.5. The number of carboxylic acid groups (broad SMARTS) is 1. The summed E-state index contributed by atoms with van der Waals surface area (Å²) in [4.78, 5) is 16.9. The molecule has 0 aliphatic carbocycles. The van der Waals surface area contributed by atoms with Crippen LogP contribution in [0.15, 0.2) is 18.3 Å². The van der Waals surface area contributed by atoms with Gasteiger partial charge in [0, 0.05) is 12.7 Å². The Morgan fingerprint density at radius 1 is 1.59 bits per heavy atom. The first-order valence-corrected chi connectivity index (χ1v) is 5.73. The van der Waals surface area contributed by atoms with Crippen LogP contribution in [0.4, 0.5) is 5.82 Å². The molecule has 0 bridgehead atoms. The second-order valence-electron chi connectivity index (χ2n) is 4.35. The van der Waals surface area contributed by atoms with Crippen molar-refractivity contribution < 1.29 is 15.0 Å². The number of aromatic nitrogens is 1. The number of carbonyl (C=O) groups is 1. The molecular weight excluding hydrogens is 220 g/mol. The van der Waals surface area contributed by atoms with Crippen LogP contribution in [0.1, 0.15) is 30.1 Å². The van der Waals surface area contributed by atoms with Gasteiger partial charge in [-0.15, -0.1) is 0 Å². The summed E-state index contributed by atoms with van der Waals surface area (Å²) in [5.74, 6) is -0.240. The summed E-state index contributed by atoms with van der Waals surface area (Å²) in [6, 6.07) is 3.32. The van der Waals surface area contributed by atoms with Gasteiger partial charge in [0.2, 0.25) is 0 Å². The molecule has 0 spiro atoms. The average Bonchev–Trinajstić information content (AvgIpc) is 2.78. The van der Waals surface area contributed by atoms with Gasteiger partial charge in [-0.25, -0.2) is 9.78 Å². The van der Waals surface area contributed by atoms with Gasteiger partial charge < -0.3 is 15.1 Å². The third-order valence-electron chi connectivity index (χ3n) is 3.15. The Hall–Kier alpha value is -1.62. The zero-order valence-corrected chi connectivity index (χ0v) is 9.71. The van der Waals surface area contributed by atoms with E-state index in [1.165, 1.54) is 6.20 Å².